The Hall–Kier alpha value is -3.32. The first-order valence-electron chi connectivity index (χ1n) is 10.6. The van der Waals surface area contributed by atoms with E-state index in [1.54, 1.807) is 0 Å². The van der Waals surface area contributed by atoms with Crippen molar-refractivity contribution in [3.63, 3.8) is 0 Å². The third-order valence-electron chi connectivity index (χ3n) is 5.12. The number of ether oxygens (including phenoxy) is 1. The molecule has 0 aromatic heterocycles. The van der Waals surface area contributed by atoms with Crippen LogP contribution in [0.25, 0.3) is 11.1 Å². The van der Waals surface area contributed by atoms with E-state index in [1.165, 1.54) is 25.3 Å². The summed E-state index contributed by atoms with van der Waals surface area (Å²) in [5, 5.41) is 2.86. The molecule has 0 heterocycles. The first-order valence-corrected chi connectivity index (χ1v) is 12.2. The third-order valence-corrected chi connectivity index (χ3v) is 7.37. The highest BCUT2D eigenvalue weighted by atomic mass is 32.2. The molecular formula is C26H30N2O4S. The average Bonchev–Trinajstić information content (AvgIpc) is 2.72. The van der Waals surface area contributed by atoms with Crippen molar-refractivity contribution in [1.82, 2.24) is 0 Å². The number of hydrogen-bond donors (Lipinski definition) is 2. The molecule has 0 aliphatic carbocycles. The molecule has 0 atom stereocenters. The summed E-state index contributed by atoms with van der Waals surface area (Å²) < 4.78 is 31.0. The van der Waals surface area contributed by atoms with Crippen molar-refractivity contribution in [2.45, 2.75) is 32.6 Å². The molecule has 6 nitrogen and oxygen atoms in total. The fraction of sp³-hybridized carbons (Fsp3) is 0.269. The summed E-state index contributed by atoms with van der Waals surface area (Å²) in [6.07, 6.45) is 0. The van der Waals surface area contributed by atoms with Crippen LogP contribution in [-0.2, 0) is 9.84 Å². The van der Waals surface area contributed by atoms with Crippen molar-refractivity contribution >= 4 is 27.1 Å². The number of carbonyl (C=O) groups is 1. The van der Waals surface area contributed by atoms with Crippen LogP contribution in [0, 0.1) is 12.3 Å². The van der Waals surface area contributed by atoms with Crippen molar-refractivity contribution in [3.8, 4) is 16.9 Å². The van der Waals surface area contributed by atoms with Gasteiger partial charge in [0.25, 0.3) is 5.91 Å². The van der Waals surface area contributed by atoms with E-state index in [9.17, 15) is 13.2 Å². The van der Waals surface area contributed by atoms with Gasteiger partial charge in [-0.2, -0.15) is 0 Å². The van der Waals surface area contributed by atoms with E-state index in [4.69, 9.17) is 10.5 Å². The van der Waals surface area contributed by atoms with Crippen LogP contribution in [0.4, 0.5) is 11.4 Å². The van der Waals surface area contributed by atoms with Gasteiger partial charge >= 0.3 is 0 Å². The fourth-order valence-electron chi connectivity index (χ4n) is 3.70. The molecule has 0 fully saturated rings. The van der Waals surface area contributed by atoms with Gasteiger partial charge in [-0.05, 0) is 59.9 Å². The number of anilines is 2. The van der Waals surface area contributed by atoms with Gasteiger partial charge in [-0.3, -0.25) is 4.79 Å². The van der Waals surface area contributed by atoms with E-state index in [0.717, 1.165) is 16.7 Å². The third kappa shape index (κ3) is 5.73. The Kier molecular flexibility index (Phi) is 6.84. The molecule has 0 saturated heterocycles. The normalized spacial score (nSPS) is 11.8. The maximum Gasteiger partial charge on any atom is 0.255 e. The standard InChI is InChI=1S/C26H30N2O4S/c1-17-14-19(11-12-20(17)21-8-6-7-9-22(21)27)28-25(29)18-10-13-24(23(15-18)32-5)33(30,31)16-26(2,3)4/h6-15H,16,27H2,1-5H3,(H,28,29). The highest BCUT2D eigenvalue weighted by Crippen LogP contribution is 2.32. The first-order chi connectivity index (χ1) is 15.4. The summed E-state index contributed by atoms with van der Waals surface area (Å²) in [7, 11) is -2.18. The summed E-state index contributed by atoms with van der Waals surface area (Å²) >= 11 is 0. The molecule has 0 saturated carbocycles. The van der Waals surface area contributed by atoms with Gasteiger partial charge in [-0.1, -0.05) is 45.0 Å². The second-order valence-electron chi connectivity index (χ2n) is 9.26. The number of nitrogens with one attached hydrogen (secondary N) is 1. The minimum Gasteiger partial charge on any atom is -0.495 e. The predicted octanol–water partition coefficient (Wildman–Crippen LogP) is 5.32. The average molecular weight is 467 g/mol. The van der Waals surface area contributed by atoms with Crippen molar-refractivity contribution in [1.29, 1.82) is 0 Å². The van der Waals surface area contributed by atoms with Crippen molar-refractivity contribution in [2.24, 2.45) is 5.41 Å². The lowest BCUT2D eigenvalue weighted by atomic mass is 9.98. The number of methoxy groups -OCH3 is 1. The number of carbonyl (C=O) groups excluding carboxylic acids is 1. The Morgan fingerprint density at radius 3 is 2.30 bits per heavy atom. The van der Waals surface area contributed by atoms with Gasteiger partial charge in [-0.15, -0.1) is 0 Å². The van der Waals surface area contributed by atoms with E-state index in [1.807, 2.05) is 70.2 Å². The fourth-order valence-corrected chi connectivity index (χ4v) is 5.72. The van der Waals surface area contributed by atoms with E-state index >= 15 is 0 Å². The Labute approximate surface area is 195 Å². The molecule has 174 valence electrons. The quantitative estimate of drug-likeness (QED) is 0.479. The van der Waals surface area contributed by atoms with Gasteiger partial charge in [0, 0.05) is 22.5 Å². The zero-order chi connectivity index (χ0) is 24.4. The van der Waals surface area contributed by atoms with Gasteiger partial charge in [0.05, 0.1) is 12.9 Å². The maximum atomic E-state index is 12.9. The number of nitrogens with two attached hydrogens (primary N) is 1. The van der Waals surface area contributed by atoms with E-state index in [0.29, 0.717) is 16.9 Å². The number of benzene rings is 3. The highest BCUT2D eigenvalue weighted by Gasteiger charge is 2.27. The number of hydrogen-bond acceptors (Lipinski definition) is 5. The lowest BCUT2D eigenvalue weighted by Gasteiger charge is -2.19. The van der Waals surface area contributed by atoms with E-state index < -0.39 is 15.3 Å². The zero-order valence-electron chi connectivity index (χ0n) is 19.6. The number of para-hydroxylation sites is 1. The van der Waals surface area contributed by atoms with Crippen LogP contribution in [0.1, 0.15) is 36.7 Å². The predicted molar refractivity (Wildman–Crippen MR) is 133 cm³/mol. The molecule has 0 unspecified atom stereocenters. The SMILES string of the molecule is COc1cc(C(=O)Nc2ccc(-c3ccccc3N)c(C)c2)ccc1S(=O)(=O)CC(C)(C)C. The smallest absolute Gasteiger partial charge is 0.255 e. The molecule has 0 bridgehead atoms. The Bertz CT molecular complexity index is 1290. The number of nitrogen functional groups attached to an aromatic ring is 1. The summed E-state index contributed by atoms with van der Waals surface area (Å²) in [6, 6.07) is 17.6. The van der Waals surface area contributed by atoms with Crippen LogP contribution in [-0.4, -0.2) is 27.2 Å². The molecule has 0 aliphatic rings. The van der Waals surface area contributed by atoms with Gasteiger partial charge < -0.3 is 15.8 Å². The summed E-state index contributed by atoms with van der Waals surface area (Å²) in [6.45, 7) is 7.53. The summed E-state index contributed by atoms with van der Waals surface area (Å²) in [4.78, 5) is 12.9. The highest BCUT2D eigenvalue weighted by molar-refractivity contribution is 7.91. The van der Waals surface area contributed by atoms with Crippen LogP contribution < -0.4 is 15.8 Å². The molecule has 3 aromatic rings. The van der Waals surface area contributed by atoms with Gasteiger partial charge in [0.1, 0.15) is 10.6 Å². The molecule has 0 radical (unpaired) electrons. The van der Waals surface area contributed by atoms with E-state index in [-0.39, 0.29) is 22.3 Å². The zero-order valence-corrected chi connectivity index (χ0v) is 20.4. The van der Waals surface area contributed by atoms with Gasteiger partial charge in [-0.25, -0.2) is 8.42 Å². The first kappa shape index (κ1) is 24.3. The molecule has 3 N–H and O–H groups in total. The number of aryl methyl sites for hydroxylation is 1. The van der Waals surface area contributed by atoms with Crippen molar-refractivity contribution < 1.29 is 17.9 Å². The van der Waals surface area contributed by atoms with Crippen LogP contribution >= 0.6 is 0 Å². The van der Waals surface area contributed by atoms with Crippen LogP contribution in [0.5, 0.6) is 5.75 Å². The van der Waals surface area contributed by atoms with Crippen molar-refractivity contribution in [3.05, 3.63) is 71.8 Å². The molecule has 7 heteroatoms. The number of sulfone groups is 1. The van der Waals surface area contributed by atoms with Crippen LogP contribution in [0.3, 0.4) is 0 Å². The summed E-state index contributed by atoms with van der Waals surface area (Å²) in [5.74, 6) is -0.239. The minimum atomic E-state index is -3.57. The monoisotopic (exact) mass is 466 g/mol. The Morgan fingerprint density at radius 1 is 1.00 bits per heavy atom. The molecule has 0 spiro atoms. The second kappa shape index (κ2) is 9.27. The molecule has 33 heavy (non-hydrogen) atoms. The number of rotatable bonds is 6. The molecule has 3 rings (SSSR count). The van der Waals surface area contributed by atoms with Gasteiger partial charge in [0.15, 0.2) is 9.84 Å². The number of amides is 1. The lowest BCUT2D eigenvalue weighted by molar-refractivity contribution is 0.102. The van der Waals surface area contributed by atoms with Crippen molar-refractivity contribution in [2.75, 3.05) is 23.9 Å². The molecule has 0 aliphatic heterocycles. The Morgan fingerprint density at radius 2 is 1.70 bits per heavy atom. The van der Waals surface area contributed by atoms with E-state index in [2.05, 4.69) is 5.32 Å². The molecule has 1 amide bonds. The van der Waals surface area contributed by atoms with Gasteiger partial charge in [0.2, 0.25) is 0 Å². The van der Waals surface area contributed by atoms with Crippen LogP contribution in [0.2, 0.25) is 0 Å². The maximum absolute atomic E-state index is 12.9. The molecule has 3 aromatic carbocycles. The lowest BCUT2D eigenvalue weighted by Crippen LogP contribution is -2.21. The second-order valence-corrected chi connectivity index (χ2v) is 11.2. The summed E-state index contributed by atoms with van der Waals surface area (Å²) in [5.41, 5.74) is 10.2. The minimum absolute atomic E-state index is 0.0283. The topological polar surface area (TPSA) is 98.5 Å². The van der Waals surface area contributed by atoms with Crippen LogP contribution in [0.15, 0.2) is 65.6 Å². The largest absolute Gasteiger partial charge is 0.495 e. The Balaban J connectivity index is 1.85. The molecular weight excluding hydrogens is 436 g/mol.